The van der Waals surface area contributed by atoms with Gasteiger partial charge in [0.2, 0.25) is 0 Å². The molecule has 14 aromatic rings. The summed E-state index contributed by atoms with van der Waals surface area (Å²) in [6.07, 6.45) is 0. The molecule has 6 nitrogen and oxygen atoms in total. The zero-order valence-corrected chi connectivity index (χ0v) is 37.2. The molecule has 0 unspecified atom stereocenters. The van der Waals surface area contributed by atoms with E-state index in [9.17, 15) is 0 Å². The van der Waals surface area contributed by atoms with Crippen LogP contribution in [0, 0.1) is 0 Å². The van der Waals surface area contributed by atoms with Crippen LogP contribution in [-0.4, -0.2) is 24.1 Å². The van der Waals surface area contributed by atoms with Gasteiger partial charge < -0.3 is 13.6 Å². The number of hydrogen-bond donors (Lipinski definition) is 0. The molecule has 0 aliphatic rings. The van der Waals surface area contributed by atoms with E-state index in [0.717, 1.165) is 94.0 Å². The molecule has 0 saturated carbocycles. The van der Waals surface area contributed by atoms with Crippen LogP contribution in [0.25, 0.3) is 133 Å². The lowest BCUT2D eigenvalue weighted by Crippen LogP contribution is -2.03. The summed E-state index contributed by atoms with van der Waals surface area (Å²) in [4.78, 5) is 16.3. The van der Waals surface area contributed by atoms with Gasteiger partial charge in [-0.05, 0) is 82.9 Å². The average Bonchev–Trinajstić information content (AvgIpc) is 4.09. The molecule has 0 spiro atoms. The van der Waals surface area contributed by atoms with Crippen LogP contribution in [0.1, 0.15) is 0 Å². The number of para-hydroxylation sites is 5. The van der Waals surface area contributed by atoms with Gasteiger partial charge in [-0.3, -0.25) is 0 Å². The Morgan fingerprint density at radius 2 is 0.812 bits per heavy atom. The van der Waals surface area contributed by atoms with E-state index in [2.05, 4.69) is 228 Å². The van der Waals surface area contributed by atoms with Crippen molar-refractivity contribution in [2.24, 2.45) is 0 Å². The number of benzene rings is 10. The first-order chi connectivity index (χ1) is 34.2. The topological polar surface area (TPSA) is 61.7 Å². The van der Waals surface area contributed by atoms with Gasteiger partial charge in [-0.25, -0.2) is 15.0 Å². The molecule has 0 radical (unpaired) electrons. The third-order valence-corrected chi connectivity index (χ3v) is 13.6. The summed E-state index contributed by atoms with van der Waals surface area (Å²) in [5, 5.41) is 6.63. The van der Waals surface area contributed by atoms with Gasteiger partial charge in [0.15, 0.2) is 17.5 Å². The largest absolute Gasteiger partial charge is 0.455 e. The smallest absolute Gasteiger partial charge is 0.167 e. The molecule has 322 valence electrons. The monoisotopic (exact) mass is 881 g/mol. The Kier molecular flexibility index (Phi) is 8.79. The Morgan fingerprint density at radius 3 is 1.52 bits per heavy atom. The number of aromatic nitrogens is 5. The Hall–Kier alpha value is -9.39. The van der Waals surface area contributed by atoms with Crippen molar-refractivity contribution in [2.45, 2.75) is 0 Å². The highest BCUT2D eigenvalue weighted by Gasteiger charge is 2.25. The molecule has 14 rings (SSSR count). The maximum Gasteiger partial charge on any atom is 0.167 e. The van der Waals surface area contributed by atoms with E-state index >= 15 is 0 Å². The van der Waals surface area contributed by atoms with E-state index in [4.69, 9.17) is 19.4 Å². The van der Waals surface area contributed by atoms with Crippen molar-refractivity contribution in [3.63, 3.8) is 0 Å². The third-order valence-electron chi connectivity index (χ3n) is 13.6. The van der Waals surface area contributed by atoms with Gasteiger partial charge in [0, 0.05) is 54.8 Å². The molecule has 4 heterocycles. The van der Waals surface area contributed by atoms with Crippen LogP contribution in [0.15, 0.2) is 241 Å². The third kappa shape index (κ3) is 6.23. The summed E-state index contributed by atoms with van der Waals surface area (Å²) in [5.74, 6) is 1.65. The number of hydrogen-bond acceptors (Lipinski definition) is 4. The molecule has 0 saturated heterocycles. The quantitative estimate of drug-likeness (QED) is 0.160. The van der Waals surface area contributed by atoms with Crippen LogP contribution in [0.5, 0.6) is 0 Å². The zero-order valence-electron chi connectivity index (χ0n) is 37.2. The fraction of sp³-hybridized carbons (Fsp3) is 0. The minimum Gasteiger partial charge on any atom is -0.455 e. The van der Waals surface area contributed by atoms with E-state index in [-0.39, 0.29) is 0 Å². The van der Waals surface area contributed by atoms with Crippen molar-refractivity contribution in [1.29, 1.82) is 0 Å². The fourth-order valence-corrected chi connectivity index (χ4v) is 10.5. The van der Waals surface area contributed by atoms with Crippen molar-refractivity contribution in [3.8, 4) is 67.8 Å². The summed E-state index contributed by atoms with van der Waals surface area (Å²) in [6.45, 7) is 0. The fourth-order valence-electron chi connectivity index (χ4n) is 10.5. The first-order valence-corrected chi connectivity index (χ1v) is 23.3. The highest BCUT2D eigenvalue weighted by atomic mass is 16.3. The van der Waals surface area contributed by atoms with Crippen LogP contribution in [0.2, 0.25) is 0 Å². The van der Waals surface area contributed by atoms with Crippen molar-refractivity contribution in [3.05, 3.63) is 237 Å². The minimum atomic E-state index is 0.512. The Balaban J connectivity index is 1.09. The number of nitrogens with zero attached hydrogens (tertiary/aromatic N) is 5. The Labute approximate surface area is 396 Å². The van der Waals surface area contributed by atoms with Gasteiger partial charge in [0.05, 0.1) is 27.6 Å². The molecule has 69 heavy (non-hydrogen) atoms. The van der Waals surface area contributed by atoms with Crippen molar-refractivity contribution in [2.75, 3.05) is 0 Å². The van der Waals surface area contributed by atoms with Crippen LogP contribution < -0.4 is 0 Å². The molecule has 4 aromatic heterocycles. The molecule has 0 fully saturated rings. The number of fused-ring (bicyclic) bond motifs is 9. The summed E-state index contributed by atoms with van der Waals surface area (Å²) in [6, 6.07) is 83.2. The summed E-state index contributed by atoms with van der Waals surface area (Å²) < 4.78 is 11.8. The SMILES string of the molecule is c1ccc(-c2cccc(-c3cccc4oc5c(-c6nc(-c7ccccc7)nc(-c7cccc8c9ccccc9n(-c9ccccc9)c78)n6)cc(-n6c7ccccc7c7ccccc76)cc5c34)c2)cc1. The van der Waals surface area contributed by atoms with E-state index in [1.165, 1.54) is 16.3 Å². The standard InChI is InChI=1S/C63H39N5O/c1-4-19-40(20-5-1)42-23-16-24-43(37-42)46-30-18-36-57-58(46)52-38-45(67-54-33-13-10-27-47(54)48-28-11-14-34-55(48)67)39-53(60(52)69-57)63-65-61(41-21-6-2-7-22-41)64-62(66-63)51-32-17-31-50-49-29-12-15-35-56(49)68(59(50)51)44-25-8-3-9-26-44/h1-39H. The van der Waals surface area contributed by atoms with Gasteiger partial charge >= 0.3 is 0 Å². The second-order valence-corrected chi connectivity index (χ2v) is 17.5. The maximum absolute atomic E-state index is 7.13. The van der Waals surface area contributed by atoms with Gasteiger partial charge in [0.1, 0.15) is 11.2 Å². The second-order valence-electron chi connectivity index (χ2n) is 17.5. The molecule has 6 heteroatoms. The first-order valence-electron chi connectivity index (χ1n) is 23.3. The van der Waals surface area contributed by atoms with Crippen LogP contribution >= 0.6 is 0 Å². The average molecular weight is 882 g/mol. The molecule has 0 aliphatic carbocycles. The van der Waals surface area contributed by atoms with Gasteiger partial charge in [-0.2, -0.15) is 0 Å². The lowest BCUT2D eigenvalue weighted by atomic mass is 9.95. The Morgan fingerprint density at radius 1 is 0.304 bits per heavy atom. The first kappa shape index (κ1) is 38.8. The van der Waals surface area contributed by atoms with Crippen molar-refractivity contribution >= 4 is 65.6 Å². The molecule has 0 bridgehead atoms. The molecule has 0 aliphatic heterocycles. The highest BCUT2D eigenvalue weighted by Crippen LogP contribution is 2.45. The summed E-state index contributed by atoms with van der Waals surface area (Å²) >= 11 is 0. The van der Waals surface area contributed by atoms with E-state index in [1.54, 1.807) is 0 Å². The molecule has 10 aromatic carbocycles. The minimum absolute atomic E-state index is 0.512. The Bertz CT molecular complexity index is 4250. The zero-order chi connectivity index (χ0) is 45.4. The predicted octanol–water partition coefficient (Wildman–Crippen LogP) is 16.3. The normalized spacial score (nSPS) is 11.8. The molecular formula is C63H39N5O. The van der Waals surface area contributed by atoms with E-state index < -0.39 is 0 Å². The second kappa shape index (κ2) is 15.6. The lowest BCUT2D eigenvalue weighted by Gasteiger charge is -2.14. The summed E-state index contributed by atoms with van der Waals surface area (Å²) in [5.41, 5.74) is 14.9. The number of furan rings is 1. The molecule has 0 atom stereocenters. The summed E-state index contributed by atoms with van der Waals surface area (Å²) in [7, 11) is 0. The molecular weight excluding hydrogens is 843 g/mol. The van der Waals surface area contributed by atoms with Crippen LogP contribution in [0.4, 0.5) is 0 Å². The van der Waals surface area contributed by atoms with Crippen LogP contribution in [0.3, 0.4) is 0 Å². The van der Waals surface area contributed by atoms with Crippen molar-refractivity contribution < 1.29 is 4.42 Å². The highest BCUT2D eigenvalue weighted by molar-refractivity contribution is 6.17. The predicted molar refractivity (Wildman–Crippen MR) is 283 cm³/mol. The van der Waals surface area contributed by atoms with E-state index in [1.807, 2.05) is 18.2 Å². The maximum atomic E-state index is 7.13. The van der Waals surface area contributed by atoms with Gasteiger partial charge in [0.25, 0.3) is 0 Å². The molecule has 0 N–H and O–H groups in total. The number of rotatable bonds is 7. The van der Waals surface area contributed by atoms with Crippen LogP contribution in [-0.2, 0) is 0 Å². The molecule has 0 amide bonds. The lowest BCUT2D eigenvalue weighted by molar-refractivity contribution is 0.669. The van der Waals surface area contributed by atoms with Gasteiger partial charge in [-0.1, -0.05) is 176 Å². The van der Waals surface area contributed by atoms with E-state index in [0.29, 0.717) is 23.1 Å². The van der Waals surface area contributed by atoms with Crippen molar-refractivity contribution in [1.82, 2.24) is 24.1 Å². The van der Waals surface area contributed by atoms with Gasteiger partial charge in [-0.15, -0.1) is 0 Å².